The molecule has 12 nitrogen and oxygen atoms in total. The zero-order chi connectivity index (χ0) is 41.8. The van der Waals surface area contributed by atoms with Gasteiger partial charge in [0.25, 0.3) is 5.56 Å². The van der Waals surface area contributed by atoms with Gasteiger partial charge in [0.05, 0.1) is 51.5 Å². The quantitative estimate of drug-likeness (QED) is 0.0570. The van der Waals surface area contributed by atoms with Crippen molar-refractivity contribution in [2.24, 2.45) is 0 Å². The lowest BCUT2D eigenvalue weighted by Crippen LogP contribution is -2.45. The maximum Gasteiger partial charge on any atom is 0.338 e. The van der Waals surface area contributed by atoms with Crippen molar-refractivity contribution in [2.75, 3.05) is 27.4 Å². The van der Waals surface area contributed by atoms with Crippen LogP contribution in [0.25, 0.3) is 11.2 Å². The molecule has 2 aromatic heterocycles. The third-order valence-electron chi connectivity index (χ3n) is 11.5. The molecule has 4 aromatic carbocycles. The number of rotatable bonds is 15. The van der Waals surface area contributed by atoms with E-state index in [1.54, 1.807) is 49.4 Å². The Morgan fingerprint density at radius 3 is 1.95 bits per heavy atom. The smallest absolute Gasteiger partial charge is 0.338 e. The molecule has 13 heteroatoms. The Morgan fingerprint density at radius 2 is 1.37 bits per heavy atom. The number of esters is 1. The molecule has 3 heterocycles. The van der Waals surface area contributed by atoms with Gasteiger partial charge in [-0.3, -0.25) is 13.9 Å². The molecule has 1 fully saturated rings. The van der Waals surface area contributed by atoms with E-state index >= 15 is 0 Å². The Balaban J connectivity index is 1.20. The molecule has 3 atom stereocenters. The van der Waals surface area contributed by atoms with E-state index in [1.807, 2.05) is 72.8 Å². The number of carbonyl (C=O) groups is 1. The monoisotopic (exact) mass is 816 g/mol. The molecule has 0 bridgehead atoms. The van der Waals surface area contributed by atoms with Crippen LogP contribution in [-0.2, 0) is 30.8 Å². The van der Waals surface area contributed by atoms with Crippen LogP contribution in [0.1, 0.15) is 60.5 Å². The van der Waals surface area contributed by atoms with Gasteiger partial charge in [-0.2, -0.15) is 0 Å². The molecule has 1 aliphatic heterocycles. The number of methoxy groups -OCH3 is 2. The van der Waals surface area contributed by atoms with Crippen molar-refractivity contribution >= 4 is 25.5 Å². The number of nitrogens with zero attached hydrogens (tertiary/aromatic N) is 4. The van der Waals surface area contributed by atoms with Crippen molar-refractivity contribution < 1.29 is 32.9 Å². The van der Waals surface area contributed by atoms with Gasteiger partial charge in [0, 0.05) is 6.42 Å². The molecule has 0 radical (unpaired) electrons. The van der Waals surface area contributed by atoms with E-state index in [1.165, 1.54) is 10.9 Å². The second kappa shape index (κ2) is 17.3. The summed E-state index contributed by atoms with van der Waals surface area (Å²) in [4.78, 5) is 35.4. The van der Waals surface area contributed by atoms with Gasteiger partial charge >= 0.3 is 5.97 Å². The van der Waals surface area contributed by atoms with Crippen LogP contribution in [-0.4, -0.2) is 73.0 Å². The highest BCUT2D eigenvalue weighted by molar-refractivity contribution is 6.74. The highest BCUT2D eigenvalue weighted by Crippen LogP contribution is 2.45. The lowest BCUT2D eigenvalue weighted by atomic mass is 9.80. The zero-order valence-electron chi connectivity index (χ0n) is 34.7. The van der Waals surface area contributed by atoms with Crippen LogP contribution in [0.2, 0.25) is 18.1 Å². The number of hydrogen-bond acceptors (Lipinski definition) is 10. The van der Waals surface area contributed by atoms with Crippen molar-refractivity contribution in [1.29, 1.82) is 0 Å². The second-order valence-electron chi connectivity index (χ2n) is 16.2. The number of hydrogen-bond donors (Lipinski definition) is 0. The molecule has 6 aromatic rings. The molecule has 0 saturated carbocycles. The van der Waals surface area contributed by atoms with Gasteiger partial charge in [0.1, 0.15) is 30.0 Å². The Bertz CT molecular complexity index is 2350. The number of benzene rings is 4. The van der Waals surface area contributed by atoms with Crippen molar-refractivity contribution in [1.82, 2.24) is 19.1 Å². The molecule has 0 N–H and O–H groups in total. The van der Waals surface area contributed by atoms with Crippen molar-refractivity contribution in [3.05, 3.63) is 154 Å². The van der Waals surface area contributed by atoms with Gasteiger partial charge in [-0.05, 0) is 71.2 Å². The summed E-state index contributed by atoms with van der Waals surface area (Å²) in [7, 11) is 0.967. The molecule has 59 heavy (non-hydrogen) atoms. The molecule has 308 valence electrons. The summed E-state index contributed by atoms with van der Waals surface area (Å²) in [6.45, 7) is 11.4. The largest absolute Gasteiger partial charge is 0.497 e. The predicted molar refractivity (Wildman–Crippen MR) is 227 cm³/mol. The Labute approximate surface area is 345 Å². The van der Waals surface area contributed by atoms with Gasteiger partial charge in [-0.15, -0.1) is 0 Å². The number of ether oxygens (including phenoxy) is 5. The minimum Gasteiger partial charge on any atom is -0.497 e. The van der Waals surface area contributed by atoms with E-state index in [4.69, 9.17) is 28.1 Å². The number of aromatic nitrogens is 4. The standard InChI is InChI=1S/C46H52N4O8Si/c1-45(2,3)59(6,7)58-39-28-38(57-43(39)50-31-47-40-41(50)48-30-49(42(40)51)26-27-55-44(52)32-14-10-8-11-15-32)29-56-46(33-16-12-9-13-17-33,34-18-22-36(53-4)23-19-34)35-20-24-37(54-5)25-21-35/h8-25,30-31,38-39,43H,26-29H2,1-7H3/t38-,39+,43+/m0/s1. The Kier molecular flexibility index (Phi) is 12.2. The van der Waals surface area contributed by atoms with Crippen LogP contribution in [0, 0.1) is 0 Å². The Morgan fingerprint density at radius 1 is 0.797 bits per heavy atom. The molecule has 0 spiro atoms. The minimum atomic E-state index is -2.33. The van der Waals surface area contributed by atoms with Crippen LogP contribution >= 0.6 is 0 Å². The van der Waals surface area contributed by atoms with Crippen LogP contribution in [0.15, 0.2) is 127 Å². The summed E-state index contributed by atoms with van der Waals surface area (Å²) in [5, 5.41) is -0.0791. The van der Waals surface area contributed by atoms with E-state index in [-0.39, 0.29) is 35.9 Å². The van der Waals surface area contributed by atoms with E-state index < -0.39 is 38.3 Å². The third-order valence-corrected chi connectivity index (χ3v) is 16.0. The maximum atomic E-state index is 13.7. The van der Waals surface area contributed by atoms with Gasteiger partial charge in [-0.25, -0.2) is 14.8 Å². The highest BCUT2D eigenvalue weighted by atomic mass is 28.4. The van der Waals surface area contributed by atoms with E-state index in [0.717, 1.165) is 28.2 Å². The summed E-state index contributed by atoms with van der Waals surface area (Å²) in [5.41, 5.74) is 2.36. The lowest BCUT2D eigenvalue weighted by molar-refractivity contribution is -0.0841. The minimum absolute atomic E-state index is 0.00506. The molecule has 7 rings (SSSR count). The molecule has 0 unspecified atom stereocenters. The highest BCUT2D eigenvalue weighted by Gasteiger charge is 2.47. The average molecular weight is 817 g/mol. The average Bonchev–Trinajstić information content (AvgIpc) is 3.86. The molecular weight excluding hydrogens is 765 g/mol. The number of imidazole rings is 1. The predicted octanol–water partition coefficient (Wildman–Crippen LogP) is 8.15. The van der Waals surface area contributed by atoms with Crippen LogP contribution in [0.4, 0.5) is 0 Å². The second-order valence-corrected chi connectivity index (χ2v) is 20.9. The third kappa shape index (κ3) is 8.60. The van der Waals surface area contributed by atoms with Gasteiger partial charge < -0.3 is 28.1 Å². The fourth-order valence-corrected chi connectivity index (χ4v) is 8.53. The van der Waals surface area contributed by atoms with Crippen molar-refractivity contribution in [2.45, 2.75) is 75.9 Å². The van der Waals surface area contributed by atoms with Crippen molar-refractivity contribution in [3.63, 3.8) is 0 Å². The SMILES string of the molecule is COc1ccc(C(OC[C@@H]2C[C@@H](O[Si](C)(C)C(C)(C)C)[C@H](n3cnc4c(=O)n(CCOC(=O)c5ccccc5)cnc43)O2)(c2ccccc2)c2ccc(OC)cc2)cc1. The summed E-state index contributed by atoms with van der Waals surface area (Å²) in [6, 6.07) is 34.7. The lowest BCUT2D eigenvalue weighted by Gasteiger charge is -2.39. The van der Waals surface area contributed by atoms with Gasteiger partial charge in [0.2, 0.25) is 0 Å². The fourth-order valence-electron chi connectivity index (χ4n) is 7.21. The van der Waals surface area contributed by atoms with Gasteiger partial charge in [0.15, 0.2) is 25.7 Å². The first-order valence-corrected chi connectivity index (χ1v) is 22.7. The normalized spacial score (nSPS) is 17.2. The number of fused-ring (bicyclic) bond motifs is 1. The fraction of sp³-hybridized carbons (Fsp3) is 0.348. The topological polar surface area (TPSA) is 125 Å². The molecular formula is C46H52N4O8Si. The first kappa shape index (κ1) is 41.6. The maximum absolute atomic E-state index is 13.7. The molecule has 1 aliphatic rings. The van der Waals surface area contributed by atoms with E-state index in [9.17, 15) is 9.59 Å². The van der Waals surface area contributed by atoms with Crippen LogP contribution < -0.4 is 15.0 Å². The molecule has 0 aliphatic carbocycles. The zero-order valence-corrected chi connectivity index (χ0v) is 35.7. The van der Waals surface area contributed by atoms with Gasteiger partial charge in [-0.1, -0.05) is 93.6 Å². The summed E-state index contributed by atoms with van der Waals surface area (Å²) >= 11 is 0. The molecule has 0 amide bonds. The van der Waals surface area contributed by atoms with E-state index in [0.29, 0.717) is 17.6 Å². The molecule has 1 saturated heterocycles. The van der Waals surface area contributed by atoms with Crippen LogP contribution in [0.5, 0.6) is 11.5 Å². The van der Waals surface area contributed by atoms with Crippen molar-refractivity contribution in [3.8, 4) is 11.5 Å². The summed E-state index contributed by atoms with van der Waals surface area (Å²) in [5.74, 6) is 1.01. The summed E-state index contributed by atoms with van der Waals surface area (Å²) in [6.07, 6.45) is 2.12. The Hall–Kier alpha value is -5.60. The number of carbonyl (C=O) groups excluding carboxylic acids is 1. The summed E-state index contributed by atoms with van der Waals surface area (Å²) < 4.78 is 41.0. The van der Waals surface area contributed by atoms with Crippen LogP contribution in [0.3, 0.4) is 0 Å². The first-order chi connectivity index (χ1) is 28.3. The van der Waals surface area contributed by atoms with E-state index in [2.05, 4.69) is 56.0 Å². The first-order valence-electron chi connectivity index (χ1n) is 19.8.